The van der Waals surface area contributed by atoms with Crippen LogP contribution in [0.1, 0.15) is 24.2 Å². The molecule has 0 aliphatic heterocycles. The average Bonchev–Trinajstić information content (AvgIpc) is 2.92. The van der Waals surface area contributed by atoms with Crippen LogP contribution < -0.4 is 4.90 Å². The number of azo groups is 1. The number of fused-ring (bicyclic) bond motifs is 1. The van der Waals surface area contributed by atoms with E-state index in [1.54, 1.807) is 23.7 Å². The first-order chi connectivity index (χ1) is 12.6. The highest BCUT2D eigenvalue weighted by molar-refractivity contribution is 5.97. The summed E-state index contributed by atoms with van der Waals surface area (Å²) in [7, 11) is 1.74. The molecule has 0 unspecified atom stereocenters. The van der Waals surface area contributed by atoms with Gasteiger partial charge in [0.05, 0.1) is 5.52 Å². The molecule has 0 radical (unpaired) electrons. The minimum absolute atomic E-state index is 0.0142. The summed E-state index contributed by atoms with van der Waals surface area (Å²) in [6.07, 6.45) is 0. The first kappa shape index (κ1) is 17.7. The van der Waals surface area contributed by atoms with Crippen molar-refractivity contribution in [2.24, 2.45) is 17.3 Å². The molecule has 1 heterocycles. The standard InChI is InChI=1S/C20H22N4O2/c1-4-24(5-2)15-12-10-14(11-13-15)19(25)22-21-18-16-8-6-7-9-17(16)23(3)20(18)26/h6-13,26H,4-5H2,1-3H3. The number of amides is 1. The molecule has 0 aliphatic carbocycles. The van der Waals surface area contributed by atoms with E-state index in [2.05, 4.69) is 29.0 Å². The van der Waals surface area contributed by atoms with E-state index in [9.17, 15) is 9.90 Å². The Balaban J connectivity index is 1.85. The van der Waals surface area contributed by atoms with Crippen molar-refractivity contribution < 1.29 is 9.90 Å². The van der Waals surface area contributed by atoms with Crippen LogP contribution in [0.25, 0.3) is 10.9 Å². The molecule has 1 N–H and O–H groups in total. The third-order valence-corrected chi connectivity index (χ3v) is 4.53. The molecule has 1 amide bonds. The number of para-hydroxylation sites is 1. The van der Waals surface area contributed by atoms with E-state index < -0.39 is 5.91 Å². The third-order valence-electron chi connectivity index (χ3n) is 4.53. The monoisotopic (exact) mass is 350 g/mol. The van der Waals surface area contributed by atoms with Crippen molar-refractivity contribution >= 4 is 28.2 Å². The van der Waals surface area contributed by atoms with Crippen LogP contribution in [-0.4, -0.2) is 28.7 Å². The average molecular weight is 350 g/mol. The van der Waals surface area contributed by atoms with Crippen LogP contribution in [0.4, 0.5) is 11.4 Å². The summed E-state index contributed by atoms with van der Waals surface area (Å²) in [4.78, 5) is 14.5. The number of aryl methyl sites for hydroxylation is 1. The van der Waals surface area contributed by atoms with Gasteiger partial charge in [0.2, 0.25) is 5.88 Å². The van der Waals surface area contributed by atoms with E-state index in [1.165, 1.54) is 0 Å². The van der Waals surface area contributed by atoms with Gasteiger partial charge in [-0.15, -0.1) is 10.2 Å². The molecular formula is C20H22N4O2. The number of hydrogen-bond donors (Lipinski definition) is 1. The number of carbonyl (C=O) groups is 1. The number of aromatic hydroxyl groups is 1. The Bertz CT molecular complexity index is 954. The van der Waals surface area contributed by atoms with Gasteiger partial charge >= 0.3 is 0 Å². The molecule has 0 saturated heterocycles. The van der Waals surface area contributed by atoms with Gasteiger partial charge in [-0.2, -0.15) is 0 Å². The number of nitrogens with zero attached hydrogens (tertiary/aromatic N) is 4. The van der Waals surface area contributed by atoms with E-state index in [0.717, 1.165) is 29.7 Å². The number of benzene rings is 2. The van der Waals surface area contributed by atoms with Crippen LogP contribution in [0, 0.1) is 0 Å². The molecule has 6 nitrogen and oxygen atoms in total. The second kappa shape index (κ2) is 7.39. The fourth-order valence-electron chi connectivity index (χ4n) is 3.02. The normalized spacial score (nSPS) is 11.3. The van der Waals surface area contributed by atoms with E-state index in [4.69, 9.17) is 0 Å². The molecule has 0 saturated carbocycles. The first-order valence-corrected chi connectivity index (χ1v) is 8.64. The minimum Gasteiger partial charge on any atom is -0.493 e. The summed E-state index contributed by atoms with van der Waals surface area (Å²) >= 11 is 0. The van der Waals surface area contributed by atoms with Crippen molar-refractivity contribution in [3.63, 3.8) is 0 Å². The Morgan fingerprint density at radius 2 is 1.73 bits per heavy atom. The summed E-state index contributed by atoms with van der Waals surface area (Å²) in [6.45, 7) is 5.99. The summed E-state index contributed by atoms with van der Waals surface area (Å²) in [5.74, 6) is -0.455. The molecule has 3 rings (SSSR count). The van der Waals surface area contributed by atoms with Crippen molar-refractivity contribution in [2.75, 3.05) is 18.0 Å². The van der Waals surface area contributed by atoms with Crippen molar-refractivity contribution in [2.45, 2.75) is 13.8 Å². The fraction of sp³-hybridized carbons (Fsp3) is 0.250. The Hall–Kier alpha value is -3.15. The maximum atomic E-state index is 12.3. The smallest absolute Gasteiger partial charge is 0.295 e. The molecule has 0 aliphatic rings. The van der Waals surface area contributed by atoms with Crippen molar-refractivity contribution in [3.8, 4) is 5.88 Å². The maximum absolute atomic E-state index is 12.3. The predicted octanol–water partition coefficient (Wildman–Crippen LogP) is 4.65. The lowest BCUT2D eigenvalue weighted by Crippen LogP contribution is -2.21. The van der Waals surface area contributed by atoms with Crippen LogP contribution in [0.3, 0.4) is 0 Å². The van der Waals surface area contributed by atoms with E-state index >= 15 is 0 Å². The fourth-order valence-corrected chi connectivity index (χ4v) is 3.02. The van der Waals surface area contributed by atoms with Crippen LogP contribution in [0.5, 0.6) is 5.88 Å². The molecule has 0 spiro atoms. The SMILES string of the molecule is CCN(CC)c1ccc(C(=O)N=Nc2c(O)n(C)c3ccccc23)cc1. The lowest BCUT2D eigenvalue weighted by atomic mass is 10.2. The molecular weight excluding hydrogens is 328 g/mol. The Morgan fingerprint density at radius 3 is 2.38 bits per heavy atom. The highest BCUT2D eigenvalue weighted by Gasteiger charge is 2.14. The number of anilines is 1. The van der Waals surface area contributed by atoms with Crippen LogP contribution in [-0.2, 0) is 7.05 Å². The van der Waals surface area contributed by atoms with Crippen LogP contribution >= 0.6 is 0 Å². The number of carbonyl (C=O) groups excluding carboxylic acids is 1. The van der Waals surface area contributed by atoms with Gasteiger partial charge in [-0.3, -0.25) is 4.79 Å². The number of hydrogen-bond acceptors (Lipinski definition) is 4. The highest BCUT2D eigenvalue weighted by Crippen LogP contribution is 2.37. The van der Waals surface area contributed by atoms with E-state index in [-0.39, 0.29) is 5.88 Å². The molecule has 3 aromatic rings. The lowest BCUT2D eigenvalue weighted by Gasteiger charge is -2.20. The summed E-state index contributed by atoms with van der Waals surface area (Å²) < 4.78 is 1.62. The zero-order valence-electron chi connectivity index (χ0n) is 15.2. The maximum Gasteiger partial charge on any atom is 0.295 e. The quantitative estimate of drug-likeness (QED) is 0.681. The van der Waals surface area contributed by atoms with E-state index in [0.29, 0.717) is 11.3 Å². The summed E-state index contributed by atoms with van der Waals surface area (Å²) in [6, 6.07) is 14.8. The van der Waals surface area contributed by atoms with Crippen LogP contribution in [0.2, 0.25) is 0 Å². The Kier molecular flexibility index (Phi) is 5.02. The number of rotatable bonds is 5. The zero-order valence-corrected chi connectivity index (χ0v) is 15.2. The second-order valence-electron chi connectivity index (χ2n) is 5.97. The highest BCUT2D eigenvalue weighted by atomic mass is 16.3. The molecule has 0 atom stereocenters. The van der Waals surface area contributed by atoms with Gasteiger partial charge in [0, 0.05) is 36.8 Å². The van der Waals surface area contributed by atoms with Crippen molar-refractivity contribution in [3.05, 3.63) is 54.1 Å². The Morgan fingerprint density at radius 1 is 1.08 bits per heavy atom. The van der Waals surface area contributed by atoms with E-state index in [1.807, 2.05) is 36.4 Å². The molecule has 134 valence electrons. The van der Waals surface area contributed by atoms with Gasteiger partial charge < -0.3 is 14.6 Å². The number of aromatic nitrogens is 1. The van der Waals surface area contributed by atoms with Crippen LogP contribution in [0.15, 0.2) is 58.8 Å². The van der Waals surface area contributed by atoms with Gasteiger partial charge in [0.25, 0.3) is 5.91 Å². The van der Waals surface area contributed by atoms with Gasteiger partial charge in [0.15, 0.2) is 5.69 Å². The first-order valence-electron chi connectivity index (χ1n) is 8.64. The van der Waals surface area contributed by atoms with Gasteiger partial charge in [-0.25, -0.2) is 0 Å². The molecule has 26 heavy (non-hydrogen) atoms. The summed E-state index contributed by atoms with van der Waals surface area (Å²) in [5.41, 5.74) is 2.66. The Labute approximate surface area is 152 Å². The van der Waals surface area contributed by atoms with Gasteiger partial charge in [0.1, 0.15) is 0 Å². The summed E-state index contributed by atoms with van der Waals surface area (Å²) in [5, 5.41) is 18.8. The molecule has 2 aromatic carbocycles. The minimum atomic E-state index is -0.441. The molecule has 0 fully saturated rings. The molecule has 0 bridgehead atoms. The largest absolute Gasteiger partial charge is 0.493 e. The topological polar surface area (TPSA) is 70.2 Å². The van der Waals surface area contributed by atoms with Gasteiger partial charge in [-0.1, -0.05) is 18.2 Å². The lowest BCUT2D eigenvalue weighted by molar-refractivity contribution is 0.0995. The predicted molar refractivity (Wildman–Crippen MR) is 103 cm³/mol. The second-order valence-corrected chi connectivity index (χ2v) is 5.97. The zero-order chi connectivity index (χ0) is 18.7. The molecule has 6 heteroatoms. The van der Waals surface area contributed by atoms with Gasteiger partial charge in [-0.05, 0) is 44.2 Å². The molecule has 1 aromatic heterocycles. The van der Waals surface area contributed by atoms with Crippen molar-refractivity contribution in [1.29, 1.82) is 0 Å². The third kappa shape index (κ3) is 3.18. The van der Waals surface area contributed by atoms with Crippen molar-refractivity contribution in [1.82, 2.24) is 4.57 Å².